The van der Waals surface area contributed by atoms with Crippen LogP contribution in [0.5, 0.6) is 0 Å². The number of carbonyl (C=O) groups is 1. The SMILES string of the molecule is CC(C)(O)CN1CCC(F)(CNC(=O)c2cc(Cl)c(N)c3ccoc23)CC1.Cl. The molecule has 0 atom stereocenters. The fourth-order valence-electron chi connectivity index (χ4n) is 3.47. The molecule has 3 rings (SSSR count). The van der Waals surface area contributed by atoms with Crippen molar-refractivity contribution in [3.8, 4) is 0 Å². The normalized spacial score (nSPS) is 17.3. The first kappa shape index (κ1) is 22.7. The van der Waals surface area contributed by atoms with E-state index in [0.29, 0.717) is 49.1 Å². The third kappa shape index (κ3) is 5.08. The molecule has 0 spiro atoms. The fraction of sp³-hybridized carbons (Fsp3) is 0.526. The topological polar surface area (TPSA) is 91.7 Å². The van der Waals surface area contributed by atoms with E-state index in [4.69, 9.17) is 21.8 Å². The van der Waals surface area contributed by atoms with Gasteiger partial charge in [0, 0.05) is 25.0 Å². The largest absolute Gasteiger partial charge is 0.463 e. The number of β-amino-alcohol motifs (C(OH)–C–C–N with tert-alkyl or cyclic N) is 1. The predicted octanol–water partition coefficient (Wildman–Crippen LogP) is 3.40. The van der Waals surface area contributed by atoms with Gasteiger partial charge >= 0.3 is 0 Å². The summed E-state index contributed by atoms with van der Waals surface area (Å²) >= 11 is 6.09. The van der Waals surface area contributed by atoms with Gasteiger partial charge in [0.15, 0.2) is 0 Å². The van der Waals surface area contributed by atoms with E-state index in [1.165, 1.54) is 12.3 Å². The van der Waals surface area contributed by atoms with Crippen LogP contribution in [0.1, 0.15) is 37.0 Å². The highest BCUT2D eigenvalue weighted by Gasteiger charge is 2.36. The predicted molar refractivity (Wildman–Crippen MR) is 111 cm³/mol. The zero-order valence-corrected chi connectivity index (χ0v) is 17.5. The molecule has 0 unspecified atom stereocenters. The minimum absolute atomic E-state index is 0. The Morgan fingerprint density at radius 2 is 2.11 bits per heavy atom. The number of hydrogen-bond acceptors (Lipinski definition) is 5. The highest BCUT2D eigenvalue weighted by Crippen LogP contribution is 2.33. The van der Waals surface area contributed by atoms with Crippen molar-refractivity contribution in [1.82, 2.24) is 10.2 Å². The lowest BCUT2D eigenvalue weighted by Crippen LogP contribution is -2.50. The third-order valence-corrected chi connectivity index (χ3v) is 5.21. The van der Waals surface area contributed by atoms with Gasteiger partial charge in [-0.15, -0.1) is 12.4 Å². The smallest absolute Gasteiger partial charge is 0.255 e. The second-order valence-corrected chi connectivity index (χ2v) is 8.31. The van der Waals surface area contributed by atoms with E-state index >= 15 is 4.39 Å². The molecule has 1 aliphatic rings. The summed E-state index contributed by atoms with van der Waals surface area (Å²) in [6, 6.07) is 3.08. The molecular weight excluding hydrogens is 408 g/mol. The Morgan fingerprint density at radius 3 is 2.71 bits per heavy atom. The number of anilines is 1. The Morgan fingerprint density at radius 1 is 1.46 bits per heavy atom. The second kappa shape index (κ2) is 8.45. The van der Waals surface area contributed by atoms with Crippen molar-refractivity contribution in [1.29, 1.82) is 0 Å². The minimum Gasteiger partial charge on any atom is -0.463 e. The number of hydrogen-bond donors (Lipinski definition) is 3. The van der Waals surface area contributed by atoms with Crippen molar-refractivity contribution in [2.24, 2.45) is 0 Å². The Hall–Kier alpha value is -1.54. The number of nitrogen functional groups attached to an aromatic ring is 1. The van der Waals surface area contributed by atoms with Gasteiger partial charge in [-0.1, -0.05) is 11.6 Å². The van der Waals surface area contributed by atoms with Crippen molar-refractivity contribution < 1.29 is 18.7 Å². The molecule has 0 aliphatic carbocycles. The number of nitrogens with two attached hydrogens (primary N) is 1. The summed E-state index contributed by atoms with van der Waals surface area (Å²) in [6.07, 6.45) is 2.02. The lowest BCUT2D eigenvalue weighted by atomic mass is 9.92. The van der Waals surface area contributed by atoms with E-state index in [1.54, 1.807) is 19.9 Å². The number of piperidine rings is 1. The Bertz CT molecular complexity index is 843. The fourth-order valence-corrected chi connectivity index (χ4v) is 3.68. The highest BCUT2D eigenvalue weighted by atomic mass is 35.5. The molecule has 4 N–H and O–H groups in total. The number of halogens is 3. The molecule has 1 amide bonds. The molecule has 0 radical (unpaired) electrons. The summed E-state index contributed by atoms with van der Waals surface area (Å²) < 4.78 is 20.4. The van der Waals surface area contributed by atoms with E-state index in [9.17, 15) is 9.90 Å². The molecule has 2 heterocycles. The molecule has 2 aromatic rings. The average molecular weight is 434 g/mol. The number of carbonyl (C=O) groups excluding carboxylic acids is 1. The Labute approximate surface area is 174 Å². The van der Waals surface area contributed by atoms with Crippen molar-refractivity contribution >= 4 is 46.6 Å². The number of likely N-dealkylation sites (tertiary alicyclic amines) is 1. The number of fused-ring (bicyclic) bond motifs is 1. The first-order valence-electron chi connectivity index (χ1n) is 8.95. The molecule has 1 aromatic carbocycles. The zero-order chi connectivity index (χ0) is 19.8. The first-order chi connectivity index (χ1) is 12.6. The van der Waals surface area contributed by atoms with Crippen LogP contribution in [-0.4, -0.2) is 53.4 Å². The number of alkyl halides is 1. The van der Waals surface area contributed by atoms with Gasteiger partial charge in [0.2, 0.25) is 0 Å². The molecule has 1 saturated heterocycles. The zero-order valence-electron chi connectivity index (χ0n) is 15.9. The summed E-state index contributed by atoms with van der Waals surface area (Å²) in [5.74, 6) is -0.451. The summed E-state index contributed by atoms with van der Waals surface area (Å²) in [7, 11) is 0. The summed E-state index contributed by atoms with van der Waals surface area (Å²) in [6.45, 7) is 4.94. The van der Waals surface area contributed by atoms with Crippen LogP contribution in [0.2, 0.25) is 5.02 Å². The number of benzene rings is 1. The lowest BCUT2D eigenvalue weighted by Gasteiger charge is -2.38. The maximum Gasteiger partial charge on any atom is 0.255 e. The van der Waals surface area contributed by atoms with Crippen LogP contribution in [-0.2, 0) is 0 Å². The average Bonchev–Trinajstić information content (AvgIpc) is 3.07. The van der Waals surface area contributed by atoms with E-state index in [1.807, 2.05) is 4.90 Å². The number of rotatable bonds is 5. The van der Waals surface area contributed by atoms with E-state index < -0.39 is 17.2 Å². The maximum absolute atomic E-state index is 15.1. The number of furan rings is 1. The van der Waals surface area contributed by atoms with Crippen LogP contribution >= 0.6 is 24.0 Å². The van der Waals surface area contributed by atoms with Crippen LogP contribution in [0.25, 0.3) is 11.0 Å². The molecule has 0 bridgehead atoms. The second-order valence-electron chi connectivity index (χ2n) is 7.91. The lowest BCUT2D eigenvalue weighted by molar-refractivity contribution is -0.000322. The van der Waals surface area contributed by atoms with Gasteiger partial charge in [-0.05, 0) is 38.8 Å². The van der Waals surface area contributed by atoms with Crippen LogP contribution in [0.3, 0.4) is 0 Å². The molecular formula is C19H26Cl2FN3O3. The molecule has 28 heavy (non-hydrogen) atoms. The van der Waals surface area contributed by atoms with Gasteiger partial charge in [0.1, 0.15) is 11.3 Å². The van der Waals surface area contributed by atoms with Crippen LogP contribution < -0.4 is 11.1 Å². The molecule has 1 fully saturated rings. The van der Waals surface area contributed by atoms with Gasteiger partial charge in [-0.25, -0.2) is 4.39 Å². The number of nitrogens with one attached hydrogen (secondary N) is 1. The molecule has 9 heteroatoms. The first-order valence-corrected chi connectivity index (χ1v) is 9.33. The molecule has 156 valence electrons. The maximum atomic E-state index is 15.1. The number of amides is 1. The van der Waals surface area contributed by atoms with Crippen LogP contribution in [0.4, 0.5) is 10.1 Å². The van der Waals surface area contributed by atoms with Crippen molar-refractivity contribution in [2.75, 3.05) is 31.9 Å². The third-order valence-electron chi connectivity index (χ3n) is 4.90. The van der Waals surface area contributed by atoms with Gasteiger partial charge in [-0.2, -0.15) is 0 Å². The molecule has 0 saturated carbocycles. The van der Waals surface area contributed by atoms with Crippen molar-refractivity contribution in [2.45, 2.75) is 38.0 Å². The minimum atomic E-state index is -1.48. The van der Waals surface area contributed by atoms with Gasteiger partial charge in [0.05, 0.1) is 34.7 Å². The Balaban J connectivity index is 0.00000280. The van der Waals surface area contributed by atoms with Gasteiger partial charge in [0.25, 0.3) is 5.91 Å². The van der Waals surface area contributed by atoms with Crippen LogP contribution in [0, 0.1) is 0 Å². The summed E-state index contributed by atoms with van der Waals surface area (Å²) in [5, 5.41) is 13.4. The quantitative estimate of drug-likeness (QED) is 0.628. The van der Waals surface area contributed by atoms with E-state index in [2.05, 4.69) is 5.32 Å². The van der Waals surface area contributed by atoms with Crippen molar-refractivity contribution in [3.63, 3.8) is 0 Å². The number of nitrogens with zero attached hydrogens (tertiary/aromatic N) is 1. The molecule has 1 aromatic heterocycles. The van der Waals surface area contributed by atoms with Gasteiger partial charge in [-0.3, -0.25) is 4.79 Å². The van der Waals surface area contributed by atoms with Crippen molar-refractivity contribution in [3.05, 3.63) is 29.0 Å². The molecule has 1 aliphatic heterocycles. The van der Waals surface area contributed by atoms with Crippen LogP contribution in [0.15, 0.2) is 22.8 Å². The van der Waals surface area contributed by atoms with E-state index in [0.717, 1.165) is 0 Å². The molecule has 6 nitrogen and oxygen atoms in total. The van der Waals surface area contributed by atoms with E-state index in [-0.39, 0.29) is 29.5 Å². The monoisotopic (exact) mass is 433 g/mol. The number of aliphatic hydroxyl groups is 1. The standard InChI is InChI=1S/C19H25ClFN3O3.ClH/c1-18(2,26)11-24-6-4-19(21,5-7-24)10-23-17(25)13-9-14(20)15(22)12-3-8-27-16(12)13;/h3,8-9,26H,4-7,10-11,22H2,1-2H3,(H,23,25);1H. The highest BCUT2D eigenvalue weighted by molar-refractivity contribution is 6.35. The Kier molecular flexibility index (Phi) is 6.86. The summed E-state index contributed by atoms with van der Waals surface area (Å²) in [5.41, 5.74) is 4.52. The summed E-state index contributed by atoms with van der Waals surface area (Å²) in [4.78, 5) is 14.6. The van der Waals surface area contributed by atoms with Gasteiger partial charge < -0.3 is 25.5 Å².